The van der Waals surface area contributed by atoms with E-state index in [9.17, 15) is 0 Å². The van der Waals surface area contributed by atoms with E-state index in [4.69, 9.17) is 9.47 Å². The van der Waals surface area contributed by atoms with Crippen molar-refractivity contribution in [3.63, 3.8) is 0 Å². The molecule has 0 amide bonds. The highest BCUT2D eigenvalue weighted by Crippen LogP contribution is 2.28. The Labute approximate surface area is 103 Å². The van der Waals surface area contributed by atoms with E-state index >= 15 is 0 Å². The van der Waals surface area contributed by atoms with Crippen LogP contribution in [0.1, 0.15) is 29.9 Å². The molecule has 1 unspecified atom stereocenters. The lowest BCUT2D eigenvalue weighted by atomic mass is 9.90. The molecule has 3 heteroatoms. The van der Waals surface area contributed by atoms with Crippen molar-refractivity contribution < 1.29 is 9.47 Å². The summed E-state index contributed by atoms with van der Waals surface area (Å²) in [6, 6.07) is 6.45. The number of rotatable bonds is 4. The van der Waals surface area contributed by atoms with Crippen LogP contribution in [0, 0.1) is 0 Å². The Morgan fingerprint density at radius 3 is 2.88 bits per heavy atom. The van der Waals surface area contributed by atoms with Crippen molar-refractivity contribution in [1.82, 2.24) is 5.32 Å². The zero-order chi connectivity index (χ0) is 12.1. The third-order valence-electron chi connectivity index (χ3n) is 3.37. The summed E-state index contributed by atoms with van der Waals surface area (Å²) in [6.07, 6.45) is 2.53. The summed E-state index contributed by atoms with van der Waals surface area (Å²) in [6.45, 7) is 2.84. The van der Waals surface area contributed by atoms with Gasteiger partial charge in [-0.05, 0) is 43.0 Å². The molecule has 0 bridgehead atoms. The van der Waals surface area contributed by atoms with Crippen LogP contribution in [0.4, 0.5) is 0 Å². The lowest BCUT2D eigenvalue weighted by molar-refractivity contribution is 0.181. The molecule has 1 heterocycles. The maximum Gasteiger partial charge on any atom is 0.124 e. The standard InChI is InChI=1S/C14H21NO2/c1-16-10-13-8-11(5-6-14(13)17-2)12-4-3-7-15-9-12/h5-6,8,12,15H,3-4,7,9-10H2,1-2H3. The van der Waals surface area contributed by atoms with Gasteiger partial charge in [0, 0.05) is 19.2 Å². The summed E-state index contributed by atoms with van der Waals surface area (Å²) < 4.78 is 10.6. The molecule has 0 aliphatic carbocycles. The number of ether oxygens (including phenoxy) is 2. The van der Waals surface area contributed by atoms with Crippen LogP contribution in [-0.4, -0.2) is 27.3 Å². The quantitative estimate of drug-likeness (QED) is 0.868. The van der Waals surface area contributed by atoms with E-state index in [2.05, 4.69) is 23.5 Å². The second kappa shape index (κ2) is 6.03. The fraction of sp³-hybridized carbons (Fsp3) is 0.571. The van der Waals surface area contributed by atoms with Crippen molar-refractivity contribution in [2.24, 2.45) is 0 Å². The van der Waals surface area contributed by atoms with Gasteiger partial charge in [-0.25, -0.2) is 0 Å². The molecule has 3 nitrogen and oxygen atoms in total. The smallest absolute Gasteiger partial charge is 0.124 e. The molecule has 1 saturated heterocycles. The van der Waals surface area contributed by atoms with Crippen molar-refractivity contribution >= 4 is 0 Å². The molecule has 1 atom stereocenters. The topological polar surface area (TPSA) is 30.5 Å². The van der Waals surface area contributed by atoms with Crippen molar-refractivity contribution in [2.45, 2.75) is 25.4 Å². The average molecular weight is 235 g/mol. The highest BCUT2D eigenvalue weighted by Gasteiger charge is 2.16. The van der Waals surface area contributed by atoms with Crippen molar-refractivity contribution in [3.05, 3.63) is 29.3 Å². The first kappa shape index (κ1) is 12.4. The maximum atomic E-state index is 5.34. The molecular formula is C14H21NO2. The van der Waals surface area contributed by atoms with Crippen LogP contribution in [0.15, 0.2) is 18.2 Å². The molecule has 1 aliphatic rings. The summed E-state index contributed by atoms with van der Waals surface area (Å²) in [5.74, 6) is 1.55. The molecule has 0 aromatic heterocycles. The molecule has 1 aliphatic heterocycles. The van der Waals surface area contributed by atoms with Gasteiger partial charge >= 0.3 is 0 Å². The maximum absolute atomic E-state index is 5.34. The van der Waals surface area contributed by atoms with Gasteiger partial charge in [-0.2, -0.15) is 0 Å². The van der Waals surface area contributed by atoms with E-state index in [1.54, 1.807) is 14.2 Å². The first-order valence-electron chi connectivity index (χ1n) is 6.21. The van der Waals surface area contributed by atoms with Gasteiger partial charge in [0.05, 0.1) is 13.7 Å². The molecule has 1 aromatic carbocycles. The second-order valence-corrected chi connectivity index (χ2v) is 4.55. The molecule has 17 heavy (non-hydrogen) atoms. The molecule has 94 valence electrons. The van der Waals surface area contributed by atoms with E-state index in [1.807, 2.05) is 0 Å². The molecule has 0 spiro atoms. The largest absolute Gasteiger partial charge is 0.496 e. The van der Waals surface area contributed by atoms with Gasteiger partial charge in [-0.1, -0.05) is 6.07 Å². The highest BCUT2D eigenvalue weighted by molar-refractivity contribution is 5.38. The number of hydrogen-bond donors (Lipinski definition) is 1. The Morgan fingerprint density at radius 2 is 2.24 bits per heavy atom. The molecule has 2 rings (SSSR count). The predicted molar refractivity (Wildman–Crippen MR) is 68.6 cm³/mol. The number of methoxy groups -OCH3 is 2. The predicted octanol–water partition coefficient (Wildman–Crippen LogP) is 2.31. The first-order valence-corrected chi connectivity index (χ1v) is 6.21. The Kier molecular flexibility index (Phi) is 4.40. The molecule has 0 radical (unpaired) electrons. The van der Waals surface area contributed by atoms with Gasteiger partial charge in [-0.15, -0.1) is 0 Å². The number of hydrogen-bond acceptors (Lipinski definition) is 3. The zero-order valence-electron chi connectivity index (χ0n) is 10.7. The van der Waals surface area contributed by atoms with E-state index in [-0.39, 0.29) is 0 Å². The van der Waals surface area contributed by atoms with E-state index in [0.717, 1.165) is 24.4 Å². The molecule has 1 N–H and O–H groups in total. The lowest BCUT2D eigenvalue weighted by Gasteiger charge is -2.24. The van der Waals surface area contributed by atoms with Crippen molar-refractivity contribution in [2.75, 3.05) is 27.3 Å². The SMILES string of the molecule is COCc1cc(C2CCCNC2)ccc1OC. The minimum Gasteiger partial charge on any atom is -0.496 e. The van der Waals surface area contributed by atoms with Crippen LogP contribution < -0.4 is 10.1 Å². The zero-order valence-corrected chi connectivity index (χ0v) is 10.7. The van der Waals surface area contributed by atoms with Gasteiger partial charge < -0.3 is 14.8 Å². The number of nitrogens with one attached hydrogen (secondary N) is 1. The minimum absolute atomic E-state index is 0.608. The summed E-state index contributed by atoms with van der Waals surface area (Å²) in [5, 5.41) is 3.45. The van der Waals surface area contributed by atoms with Crippen LogP contribution in [0.25, 0.3) is 0 Å². The molecular weight excluding hydrogens is 214 g/mol. The summed E-state index contributed by atoms with van der Waals surface area (Å²) in [5.41, 5.74) is 2.53. The third-order valence-corrected chi connectivity index (χ3v) is 3.37. The Bertz CT molecular complexity index is 359. The van der Waals surface area contributed by atoms with Gasteiger partial charge in [-0.3, -0.25) is 0 Å². The van der Waals surface area contributed by atoms with Gasteiger partial charge in [0.1, 0.15) is 5.75 Å². The number of benzene rings is 1. The first-order chi connectivity index (χ1) is 8.35. The Morgan fingerprint density at radius 1 is 1.35 bits per heavy atom. The summed E-state index contributed by atoms with van der Waals surface area (Å²) in [4.78, 5) is 0. The lowest BCUT2D eigenvalue weighted by Crippen LogP contribution is -2.28. The molecule has 0 saturated carbocycles. The highest BCUT2D eigenvalue weighted by atomic mass is 16.5. The molecule has 1 fully saturated rings. The fourth-order valence-corrected chi connectivity index (χ4v) is 2.46. The monoisotopic (exact) mass is 235 g/mol. The summed E-state index contributed by atoms with van der Waals surface area (Å²) in [7, 11) is 3.42. The van der Waals surface area contributed by atoms with E-state index < -0.39 is 0 Å². The molecule has 1 aromatic rings. The second-order valence-electron chi connectivity index (χ2n) is 4.55. The Hall–Kier alpha value is -1.06. The minimum atomic E-state index is 0.608. The van der Waals surface area contributed by atoms with Gasteiger partial charge in [0.2, 0.25) is 0 Å². The average Bonchev–Trinajstić information content (AvgIpc) is 2.40. The van der Waals surface area contributed by atoms with Crippen molar-refractivity contribution in [1.29, 1.82) is 0 Å². The van der Waals surface area contributed by atoms with Gasteiger partial charge in [0.15, 0.2) is 0 Å². The normalized spacial score (nSPS) is 20.2. The summed E-state index contributed by atoms with van der Waals surface area (Å²) >= 11 is 0. The van der Waals surface area contributed by atoms with E-state index in [1.165, 1.54) is 18.4 Å². The van der Waals surface area contributed by atoms with Crippen LogP contribution in [0.5, 0.6) is 5.75 Å². The van der Waals surface area contributed by atoms with Crippen LogP contribution in [0.2, 0.25) is 0 Å². The van der Waals surface area contributed by atoms with Crippen LogP contribution in [0.3, 0.4) is 0 Å². The van der Waals surface area contributed by atoms with Crippen LogP contribution >= 0.6 is 0 Å². The van der Waals surface area contributed by atoms with Crippen LogP contribution in [-0.2, 0) is 11.3 Å². The fourth-order valence-electron chi connectivity index (χ4n) is 2.46. The third kappa shape index (κ3) is 2.99. The van der Waals surface area contributed by atoms with E-state index in [0.29, 0.717) is 12.5 Å². The van der Waals surface area contributed by atoms with Gasteiger partial charge in [0.25, 0.3) is 0 Å². The number of piperidine rings is 1. The Balaban J connectivity index is 2.19. The van der Waals surface area contributed by atoms with Crippen molar-refractivity contribution in [3.8, 4) is 5.75 Å².